The van der Waals surface area contributed by atoms with Gasteiger partial charge < -0.3 is 30.9 Å². The molecule has 0 aliphatic heterocycles. The molecule has 39 heavy (non-hydrogen) atoms. The van der Waals surface area contributed by atoms with Crippen molar-refractivity contribution >= 4 is 23.2 Å². The minimum atomic E-state index is -2.66. The number of amides is 1. The van der Waals surface area contributed by atoms with E-state index in [1.54, 1.807) is 20.2 Å². The molecule has 0 unspecified atom stereocenters. The van der Waals surface area contributed by atoms with Crippen LogP contribution in [0.3, 0.4) is 0 Å². The number of primary amides is 1. The number of nitrogens with zero attached hydrogens (tertiary/aromatic N) is 1. The van der Waals surface area contributed by atoms with E-state index in [1.165, 1.54) is 11.0 Å². The SMILES string of the molecule is CCOc1cccc(-c2ccc(O)c3c2C[C@@H]2C[C@@H]4[C@@H](N(C)C)C(=O)C(C(N)=O)=C(O)[C@]4(O)C(=O)C2=C3O)c1. The Bertz CT molecular complexity index is 1490. The van der Waals surface area contributed by atoms with Gasteiger partial charge in [-0.1, -0.05) is 18.2 Å². The summed E-state index contributed by atoms with van der Waals surface area (Å²) in [5, 5.41) is 44.8. The maximum Gasteiger partial charge on any atom is 0.255 e. The highest BCUT2D eigenvalue weighted by atomic mass is 16.5. The number of carbonyl (C=O) groups is 3. The number of aromatic hydroxyl groups is 1. The van der Waals surface area contributed by atoms with Crippen molar-refractivity contribution in [1.29, 1.82) is 0 Å². The van der Waals surface area contributed by atoms with Crippen LogP contribution in [0.15, 0.2) is 53.3 Å². The maximum absolute atomic E-state index is 13.9. The second-order valence-corrected chi connectivity index (χ2v) is 10.4. The number of rotatable bonds is 5. The Morgan fingerprint density at radius 1 is 1.15 bits per heavy atom. The number of ketones is 2. The minimum absolute atomic E-state index is 0.0276. The van der Waals surface area contributed by atoms with Gasteiger partial charge in [0.1, 0.15) is 28.6 Å². The molecule has 0 aromatic heterocycles. The summed E-state index contributed by atoms with van der Waals surface area (Å²) in [6.07, 6.45) is 0.233. The number of aliphatic hydroxyl groups is 3. The van der Waals surface area contributed by atoms with Gasteiger partial charge in [0.05, 0.1) is 18.2 Å². The van der Waals surface area contributed by atoms with Gasteiger partial charge in [0.15, 0.2) is 11.4 Å². The van der Waals surface area contributed by atoms with Crippen molar-refractivity contribution in [2.75, 3.05) is 20.7 Å². The fourth-order valence-corrected chi connectivity index (χ4v) is 6.43. The van der Waals surface area contributed by atoms with Crippen LogP contribution in [0, 0.1) is 11.8 Å². The lowest BCUT2D eigenvalue weighted by Crippen LogP contribution is -2.65. The number of benzene rings is 2. The topological polar surface area (TPSA) is 171 Å². The second-order valence-electron chi connectivity index (χ2n) is 10.4. The van der Waals surface area contributed by atoms with Crippen LogP contribution in [-0.2, 0) is 20.8 Å². The number of hydrogen-bond donors (Lipinski definition) is 5. The van der Waals surface area contributed by atoms with Crippen LogP contribution in [0.25, 0.3) is 16.9 Å². The molecule has 0 heterocycles. The van der Waals surface area contributed by atoms with E-state index in [0.29, 0.717) is 23.5 Å². The van der Waals surface area contributed by atoms with Crippen molar-refractivity contribution in [2.24, 2.45) is 17.6 Å². The van der Waals surface area contributed by atoms with Gasteiger partial charge in [-0.15, -0.1) is 0 Å². The average molecular weight is 535 g/mol. The quantitative estimate of drug-likeness (QED) is 0.360. The first-order valence-electron chi connectivity index (χ1n) is 12.7. The number of Topliss-reactive ketones (excluding diaryl/α,β-unsaturated/α-hetero) is 2. The number of fused-ring (bicyclic) bond motifs is 3. The standard InChI is InChI=1S/C29H30N2O8/c1-4-39-15-7-5-6-13(10-15)16-8-9-19(32)21-17(16)11-14-12-18-23(31(2)3)25(34)22(28(30)37)27(36)29(18,38)26(35)20(14)24(21)33/h5-10,14,18,23,32-33,36,38H,4,11-12H2,1-3H3,(H2,30,37)/t14-,18-,23-,29-/m1/s1. The summed E-state index contributed by atoms with van der Waals surface area (Å²) in [5.41, 5.74) is 3.80. The Labute approximate surface area is 224 Å². The third kappa shape index (κ3) is 3.74. The fraction of sp³-hybridized carbons (Fsp3) is 0.345. The Balaban J connectivity index is 1.72. The molecule has 4 atom stereocenters. The number of nitrogens with two attached hydrogens (primary N) is 1. The largest absolute Gasteiger partial charge is 0.508 e. The van der Waals surface area contributed by atoms with Crippen LogP contribution in [-0.4, -0.2) is 75.1 Å². The lowest BCUT2D eigenvalue weighted by Gasteiger charge is -2.50. The van der Waals surface area contributed by atoms with Crippen LogP contribution in [0.4, 0.5) is 0 Å². The van der Waals surface area contributed by atoms with Gasteiger partial charge in [0.25, 0.3) is 5.91 Å². The number of phenolic OH excluding ortho intramolecular Hbond substituents is 1. The van der Waals surface area contributed by atoms with Crippen molar-refractivity contribution < 1.29 is 39.5 Å². The molecule has 1 fully saturated rings. The molecule has 0 saturated heterocycles. The predicted octanol–water partition coefficient (Wildman–Crippen LogP) is 2.03. The van der Waals surface area contributed by atoms with Crippen LogP contribution in [0.2, 0.25) is 0 Å². The molecular formula is C29H30N2O8. The third-order valence-corrected chi connectivity index (χ3v) is 8.06. The first-order valence-corrected chi connectivity index (χ1v) is 12.7. The molecule has 3 aliphatic rings. The summed E-state index contributed by atoms with van der Waals surface area (Å²) in [4.78, 5) is 40.7. The van der Waals surface area contributed by atoms with Gasteiger partial charge in [-0.25, -0.2) is 0 Å². The van der Waals surface area contributed by atoms with E-state index in [9.17, 15) is 34.8 Å². The molecule has 2 aromatic carbocycles. The highest BCUT2D eigenvalue weighted by Gasteiger charge is 2.64. The summed E-state index contributed by atoms with van der Waals surface area (Å²) < 4.78 is 5.63. The van der Waals surface area contributed by atoms with E-state index < -0.39 is 58.0 Å². The average Bonchev–Trinajstić information content (AvgIpc) is 2.86. The summed E-state index contributed by atoms with van der Waals surface area (Å²) in [6.45, 7) is 2.35. The zero-order valence-corrected chi connectivity index (χ0v) is 21.8. The van der Waals surface area contributed by atoms with Gasteiger partial charge in [-0.2, -0.15) is 0 Å². The Hall–Kier alpha value is -4.15. The third-order valence-electron chi connectivity index (χ3n) is 8.06. The first-order chi connectivity index (χ1) is 18.4. The number of aliphatic hydroxyl groups excluding tert-OH is 2. The molecule has 5 rings (SSSR count). The lowest BCUT2D eigenvalue weighted by molar-refractivity contribution is -0.153. The van der Waals surface area contributed by atoms with Gasteiger partial charge in [-0.05, 0) is 74.7 Å². The zero-order chi connectivity index (χ0) is 28.4. The van der Waals surface area contributed by atoms with Crippen molar-refractivity contribution in [2.45, 2.75) is 31.4 Å². The normalized spacial score (nSPS) is 26.3. The van der Waals surface area contributed by atoms with Gasteiger partial charge in [0, 0.05) is 11.5 Å². The Kier molecular flexibility index (Phi) is 6.27. The van der Waals surface area contributed by atoms with E-state index in [4.69, 9.17) is 10.5 Å². The number of hydrogen-bond acceptors (Lipinski definition) is 9. The number of phenols is 1. The predicted molar refractivity (Wildman–Crippen MR) is 141 cm³/mol. The van der Waals surface area contributed by atoms with E-state index in [0.717, 1.165) is 5.56 Å². The van der Waals surface area contributed by atoms with Crippen molar-refractivity contribution in [3.8, 4) is 22.6 Å². The number of carbonyl (C=O) groups excluding carboxylic acids is 3. The highest BCUT2D eigenvalue weighted by Crippen LogP contribution is 2.53. The van der Waals surface area contributed by atoms with Crippen LogP contribution < -0.4 is 10.5 Å². The molecule has 1 amide bonds. The van der Waals surface area contributed by atoms with Crippen LogP contribution >= 0.6 is 0 Å². The molecular weight excluding hydrogens is 504 g/mol. The zero-order valence-electron chi connectivity index (χ0n) is 21.8. The van der Waals surface area contributed by atoms with Crippen molar-refractivity contribution in [3.05, 3.63) is 64.4 Å². The number of ether oxygens (including phenoxy) is 1. The summed E-state index contributed by atoms with van der Waals surface area (Å²) >= 11 is 0. The van der Waals surface area contributed by atoms with Crippen LogP contribution in [0.5, 0.6) is 11.5 Å². The molecule has 0 radical (unpaired) electrons. The van der Waals surface area contributed by atoms with Gasteiger partial charge in [0.2, 0.25) is 5.78 Å². The maximum atomic E-state index is 13.9. The first kappa shape index (κ1) is 26.5. The Morgan fingerprint density at radius 2 is 1.87 bits per heavy atom. The molecule has 10 nitrogen and oxygen atoms in total. The molecule has 6 N–H and O–H groups in total. The lowest BCUT2D eigenvalue weighted by atomic mass is 9.57. The molecule has 1 saturated carbocycles. The molecule has 0 spiro atoms. The fourth-order valence-electron chi connectivity index (χ4n) is 6.43. The smallest absolute Gasteiger partial charge is 0.255 e. The molecule has 3 aliphatic carbocycles. The van der Waals surface area contributed by atoms with E-state index in [-0.39, 0.29) is 29.7 Å². The monoisotopic (exact) mass is 534 g/mol. The van der Waals surface area contributed by atoms with Crippen molar-refractivity contribution in [1.82, 2.24) is 4.90 Å². The summed E-state index contributed by atoms with van der Waals surface area (Å²) in [5.74, 6) is -6.11. The number of likely N-dealkylation sites (N-methyl/N-ethyl adjacent to an activating group) is 1. The Morgan fingerprint density at radius 3 is 2.51 bits per heavy atom. The van der Waals surface area contributed by atoms with Gasteiger partial charge in [-0.3, -0.25) is 19.3 Å². The highest BCUT2D eigenvalue weighted by molar-refractivity contribution is 6.24. The van der Waals surface area contributed by atoms with Gasteiger partial charge >= 0.3 is 0 Å². The van der Waals surface area contributed by atoms with E-state index in [1.807, 2.05) is 31.2 Å². The molecule has 2 aromatic rings. The summed E-state index contributed by atoms with van der Waals surface area (Å²) in [6, 6.07) is 9.35. The molecule has 0 bridgehead atoms. The van der Waals surface area contributed by atoms with Crippen molar-refractivity contribution in [3.63, 3.8) is 0 Å². The second kappa shape index (κ2) is 9.25. The molecule has 204 valence electrons. The molecule has 10 heteroatoms. The van der Waals surface area contributed by atoms with E-state index >= 15 is 0 Å². The minimum Gasteiger partial charge on any atom is -0.508 e. The summed E-state index contributed by atoms with van der Waals surface area (Å²) in [7, 11) is 3.13. The van der Waals surface area contributed by atoms with E-state index in [2.05, 4.69) is 0 Å². The van der Waals surface area contributed by atoms with Crippen LogP contribution in [0.1, 0.15) is 24.5 Å².